The average Bonchev–Trinajstić information content (AvgIpc) is 2.72. The highest BCUT2D eigenvalue weighted by Crippen LogP contribution is 2.39. The number of hydrogen-bond donors (Lipinski definition) is 2. The van der Waals surface area contributed by atoms with Crippen molar-refractivity contribution in [2.24, 2.45) is 5.73 Å². The standard InChI is InChI=1S/C16H17BrN2/c1-10-8-11(6-7-14(10)17)19-16-9-15(18)12-4-2-3-5-13(12)16/h2-8,15-16,19H,9,18H2,1H3. The van der Waals surface area contributed by atoms with Crippen LogP contribution in [0.3, 0.4) is 0 Å². The van der Waals surface area contributed by atoms with Gasteiger partial charge in [-0.15, -0.1) is 0 Å². The molecule has 3 rings (SSSR count). The summed E-state index contributed by atoms with van der Waals surface area (Å²) >= 11 is 3.53. The molecule has 0 fully saturated rings. The molecular weight excluding hydrogens is 300 g/mol. The van der Waals surface area contributed by atoms with Crippen molar-refractivity contribution < 1.29 is 0 Å². The van der Waals surface area contributed by atoms with Crippen LogP contribution in [-0.4, -0.2) is 0 Å². The largest absolute Gasteiger partial charge is 0.378 e. The molecule has 0 bridgehead atoms. The molecule has 0 radical (unpaired) electrons. The Morgan fingerprint density at radius 2 is 1.89 bits per heavy atom. The van der Waals surface area contributed by atoms with Crippen molar-refractivity contribution >= 4 is 21.6 Å². The van der Waals surface area contributed by atoms with Crippen LogP contribution in [0, 0.1) is 6.92 Å². The van der Waals surface area contributed by atoms with E-state index in [1.165, 1.54) is 16.7 Å². The van der Waals surface area contributed by atoms with Gasteiger partial charge in [-0.25, -0.2) is 0 Å². The molecule has 0 amide bonds. The first kappa shape index (κ1) is 12.7. The van der Waals surface area contributed by atoms with Gasteiger partial charge >= 0.3 is 0 Å². The third kappa shape index (κ3) is 2.40. The summed E-state index contributed by atoms with van der Waals surface area (Å²) in [7, 11) is 0. The number of benzene rings is 2. The zero-order valence-electron chi connectivity index (χ0n) is 10.9. The van der Waals surface area contributed by atoms with E-state index in [-0.39, 0.29) is 6.04 Å². The summed E-state index contributed by atoms with van der Waals surface area (Å²) in [4.78, 5) is 0. The molecule has 2 atom stereocenters. The number of aryl methyl sites for hydroxylation is 1. The minimum atomic E-state index is 0.144. The zero-order valence-corrected chi connectivity index (χ0v) is 12.4. The predicted molar refractivity (Wildman–Crippen MR) is 83.2 cm³/mol. The highest BCUT2D eigenvalue weighted by atomic mass is 79.9. The molecule has 2 aromatic carbocycles. The molecule has 19 heavy (non-hydrogen) atoms. The Bertz CT molecular complexity index is 609. The van der Waals surface area contributed by atoms with Crippen LogP contribution in [0.5, 0.6) is 0 Å². The number of hydrogen-bond acceptors (Lipinski definition) is 2. The Morgan fingerprint density at radius 3 is 2.63 bits per heavy atom. The summed E-state index contributed by atoms with van der Waals surface area (Å²) in [6, 6.07) is 15.2. The van der Waals surface area contributed by atoms with E-state index in [9.17, 15) is 0 Å². The van der Waals surface area contributed by atoms with E-state index in [4.69, 9.17) is 5.73 Å². The molecule has 0 saturated carbocycles. The van der Waals surface area contributed by atoms with Crippen molar-refractivity contribution in [3.8, 4) is 0 Å². The molecule has 2 unspecified atom stereocenters. The monoisotopic (exact) mass is 316 g/mol. The van der Waals surface area contributed by atoms with Crippen LogP contribution in [0.2, 0.25) is 0 Å². The van der Waals surface area contributed by atoms with Gasteiger partial charge in [0.25, 0.3) is 0 Å². The smallest absolute Gasteiger partial charge is 0.0535 e. The normalized spacial score (nSPS) is 21.2. The van der Waals surface area contributed by atoms with Gasteiger partial charge in [0.15, 0.2) is 0 Å². The lowest BCUT2D eigenvalue weighted by Gasteiger charge is -2.16. The number of halogens is 1. The van der Waals surface area contributed by atoms with E-state index < -0.39 is 0 Å². The lowest BCUT2D eigenvalue weighted by atomic mass is 10.1. The lowest BCUT2D eigenvalue weighted by Crippen LogP contribution is -2.10. The van der Waals surface area contributed by atoms with Gasteiger partial charge in [-0.05, 0) is 48.2 Å². The molecular formula is C16H17BrN2. The fourth-order valence-electron chi connectivity index (χ4n) is 2.75. The maximum Gasteiger partial charge on any atom is 0.0535 e. The first-order valence-electron chi connectivity index (χ1n) is 6.52. The van der Waals surface area contributed by atoms with Gasteiger partial charge in [0.2, 0.25) is 0 Å². The first-order valence-corrected chi connectivity index (χ1v) is 7.31. The van der Waals surface area contributed by atoms with E-state index in [1.54, 1.807) is 0 Å². The molecule has 98 valence electrons. The highest BCUT2D eigenvalue weighted by Gasteiger charge is 2.27. The molecule has 0 heterocycles. The van der Waals surface area contributed by atoms with Gasteiger partial charge in [-0.2, -0.15) is 0 Å². The quantitative estimate of drug-likeness (QED) is 0.866. The van der Waals surface area contributed by atoms with Gasteiger partial charge in [0.1, 0.15) is 0 Å². The van der Waals surface area contributed by atoms with Crippen molar-refractivity contribution in [2.45, 2.75) is 25.4 Å². The van der Waals surface area contributed by atoms with Crippen LogP contribution in [0.25, 0.3) is 0 Å². The minimum Gasteiger partial charge on any atom is -0.378 e. The zero-order chi connectivity index (χ0) is 13.4. The molecule has 2 aromatic rings. The molecule has 0 spiro atoms. The maximum absolute atomic E-state index is 6.20. The Hall–Kier alpha value is -1.32. The van der Waals surface area contributed by atoms with Gasteiger partial charge < -0.3 is 11.1 Å². The predicted octanol–water partition coefficient (Wildman–Crippen LogP) is 4.31. The SMILES string of the molecule is Cc1cc(NC2CC(N)c3ccccc32)ccc1Br. The highest BCUT2D eigenvalue weighted by molar-refractivity contribution is 9.10. The second-order valence-electron chi connectivity index (χ2n) is 5.13. The summed E-state index contributed by atoms with van der Waals surface area (Å²) < 4.78 is 1.14. The Labute approximate surface area is 122 Å². The Balaban J connectivity index is 1.87. The van der Waals surface area contributed by atoms with E-state index in [2.05, 4.69) is 70.6 Å². The summed E-state index contributed by atoms with van der Waals surface area (Å²) in [5, 5.41) is 3.59. The van der Waals surface area contributed by atoms with E-state index in [0.717, 1.165) is 16.6 Å². The molecule has 3 heteroatoms. The molecule has 0 aromatic heterocycles. The molecule has 0 aliphatic heterocycles. The fraction of sp³-hybridized carbons (Fsp3) is 0.250. The second-order valence-corrected chi connectivity index (χ2v) is 5.99. The third-order valence-corrected chi connectivity index (χ3v) is 4.65. The van der Waals surface area contributed by atoms with Crippen LogP contribution >= 0.6 is 15.9 Å². The average molecular weight is 317 g/mol. The second kappa shape index (κ2) is 4.99. The molecule has 3 N–H and O–H groups in total. The van der Waals surface area contributed by atoms with Crippen molar-refractivity contribution in [3.05, 3.63) is 63.6 Å². The number of nitrogens with one attached hydrogen (secondary N) is 1. The van der Waals surface area contributed by atoms with Gasteiger partial charge in [-0.1, -0.05) is 40.2 Å². The van der Waals surface area contributed by atoms with Crippen molar-refractivity contribution in [1.29, 1.82) is 0 Å². The van der Waals surface area contributed by atoms with Crippen LogP contribution in [0.15, 0.2) is 46.9 Å². The van der Waals surface area contributed by atoms with Gasteiger partial charge in [0, 0.05) is 16.2 Å². The van der Waals surface area contributed by atoms with E-state index >= 15 is 0 Å². The minimum absolute atomic E-state index is 0.144. The Kier molecular flexibility index (Phi) is 3.33. The number of fused-ring (bicyclic) bond motifs is 1. The van der Waals surface area contributed by atoms with E-state index in [0.29, 0.717) is 6.04 Å². The topological polar surface area (TPSA) is 38.0 Å². The molecule has 0 saturated heterocycles. The van der Waals surface area contributed by atoms with Crippen LogP contribution in [-0.2, 0) is 0 Å². The fourth-order valence-corrected chi connectivity index (χ4v) is 2.99. The number of rotatable bonds is 2. The number of nitrogens with two attached hydrogens (primary N) is 1. The summed E-state index contributed by atoms with van der Waals surface area (Å²) in [5.41, 5.74) is 11.2. The molecule has 1 aliphatic rings. The van der Waals surface area contributed by atoms with Crippen LogP contribution in [0.4, 0.5) is 5.69 Å². The summed E-state index contributed by atoms with van der Waals surface area (Å²) in [6.07, 6.45) is 0.953. The molecule has 1 aliphatic carbocycles. The van der Waals surface area contributed by atoms with Crippen molar-refractivity contribution in [3.63, 3.8) is 0 Å². The van der Waals surface area contributed by atoms with Gasteiger partial charge in [-0.3, -0.25) is 0 Å². The lowest BCUT2D eigenvalue weighted by molar-refractivity contribution is 0.648. The summed E-state index contributed by atoms with van der Waals surface area (Å²) in [6.45, 7) is 2.10. The first-order chi connectivity index (χ1) is 9.15. The Morgan fingerprint density at radius 1 is 1.16 bits per heavy atom. The maximum atomic E-state index is 6.20. The van der Waals surface area contributed by atoms with E-state index in [1.807, 2.05) is 0 Å². The summed E-state index contributed by atoms with van der Waals surface area (Å²) in [5.74, 6) is 0. The third-order valence-electron chi connectivity index (χ3n) is 3.76. The van der Waals surface area contributed by atoms with Crippen molar-refractivity contribution in [1.82, 2.24) is 0 Å². The van der Waals surface area contributed by atoms with Crippen molar-refractivity contribution in [2.75, 3.05) is 5.32 Å². The number of anilines is 1. The van der Waals surface area contributed by atoms with Crippen LogP contribution < -0.4 is 11.1 Å². The van der Waals surface area contributed by atoms with Gasteiger partial charge in [0.05, 0.1) is 6.04 Å². The van der Waals surface area contributed by atoms with Crippen LogP contribution in [0.1, 0.15) is 35.2 Å². The molecule has 2 nitrogen and oxygen atoms in total.